The molecule has 0 amide bonds. The van der Waals surface area contributed by atoms with E-state index in [-0.39, 0.29) is 11.8 Å². The van der Waals surface area contributed by atoms with Crippen LogP contribution < -0.4 is 5.73 Å². The van der Waals surface area contributed by atoms with Crippen LogP contribution in [0.25, 0.3) is 11.4 Å². The molecular formula is C13H14BrN3O. The van der Waals surface area contributed by atoms with Crippen molar-refractivity contribution in [3.8, 4) is 17.1 Å². The molecule has 1 aliphatic heterocycles. The second-order valence-electron chi connectivity index (χ2n) is 4.63. The summed E-state index contributed by atoms with van der Waals surface area (Å²) in [5.74, 6) is 1.17. The smallest absolute Gasteiger partial charge is 0.141 e. The Kier molecular flexibility index (Phi) is 2.87. The van der Waals surface area contributed by atoms with Gasteiger partial charge in [0.05, 0.1) is 5.69 Å². The second kappa shape index (κ2) is 4.40. The average Bonchev–Trinajstić information content (AvgIpc) is 2.67. The van der Waals surface area contributed by atoms with Gasteiger partial charge in [-0.3, -0.25) is 0 Å². The summed E-state index contributed by atoms with van der Waals surface area (Å²) in [6.07, 6.45) is 1.95. The molecule has 1 unspecified atom stereocenters. The maximum atomic E-state index is 9.33. The number of hydrogen-bond donors (Lipinski definition) is 2. The van der Waals surface area contributed by atoms with Crippen LogP contribution in [0.3, 0.4) is 0 Å². The average molecular weight is 308 g/mol. The highest BCUT2D eigenvalue weighted by Crippen LogP contribution is 2.30. The maximum Gasteiger partial charge on any atom is 0.141 e. The number of nitrogens with zero attached hydrogens (tertiary/aromatic N) is 2. The largest absolute Gasteiger partial charge is 0.508 e. The molecule has 0 saturated carbocycles. The van der Waals surface area contributed by atoms with Crippen molar-refractivity contribution in [1.82, 2.24) is 9.55 Å². The predicted molar refractivity (Wildman–Crippen MR) is 73.3 cm³/mol. The molecule has 3 N–H and O–H groups in total. The van der Waals surface area contributed by atoms with Gasteiger partial charge in [0.25, 0.3) is 0 Å². The highest BCUT2D eigenvalue weighted by Gasteiger charge is 2.22. The van der Waals surface area contributed by atoms with Crippen LogP contribution in [-0.4, -0.2) is 20.7 Å². The summed E-state index contributed by atoms with van der Waals surface area (Å²) in [5, 5.41) is 9.33. The fraction of sp³-hybridized carbons (Fsp3) is 0.308. The highest BCUT2D eigenvalue weighted by atomic mass is 79.9. The Bertz CT molecular complexity index is 577. The molecule has 1 aromatic heterocycles. The number of aromatic nitrogens is 2. The van der Waals surface area contributed by atoms with Gasteiger partial charge in [0.2, 0.25) is 0 Å². The van der Waals surface area contributed by atoms with E-state index in [0.717, 1.165) is 35.4 Å². The molecule has 0 radical (unpaired) electrons. The number of phenols is 1. The van der Waals surface area contributed by atoms with Crippen LogP contribution in [0.2, 0.25) is 0 Å². The molecule has 0 saturated heterocycles. The minimum absolute atomic E-state index is 0.189. The topological polar surface area (TPSA) is 64.1 Å². The SMILES string of the molecule is NC1CCc2c(Br)nc(-c3ccc(O)cc3)n2C1. The number of phenolic OH excluding ortho intramolecular Hbond substituents is 1. The molecule has 1 aromatic carbocycles. The van der Waals surface area contributed by atoms with Crippen molar-refractivity contribution in [3.63, 3.8) is 0 Å². The van der Waals surface area contributed by atoms with Crippen LogP contribution >= 0.6 is 15.9 Å². The number of hydrogen-bond acceptors (Lipinski definition) is 3. The van der Waals surface area contributed by atoms with Gasteiger partial charge in [-0.2, -0.15) is 0 Å². The van der Waals surface area contributed by atoms with Crippen molar-refractivity contribution in [2.75, 3.05) is 0 Å². The quantitative estimate of drug-likeness (QED) is 0.849. The number of benzene rings is 1. The van der Waals surface area contributed by atoms with E-state index in [0.29, 0.717) is 0 Å². The molecule has 4 nitrogen and oxygen atoms in total. The van der Waals surface area contributed by atoms with E-state index in [4.69, 9.17) is 5.73 Å². The van der Waals surface area contributed by atoms with Gasteiger partial charge in [0, 0.05) is 18.2 Å². The minimum Gasteiger partial charge on any atom is -0.508 e. The van der Waals surface area contributed by atoms with Gasteiger partial charge in [0.15, 0.2) is 0 Å². The Morgan fingerprint density at radius 2 is 2.06 bits per heavy atom. The standard InChI is InChI=1S/C13H14BrN3O/c14-12-11-6-3-9(15)7-17(11)13(16-12)8-1-4-10(18)5-2-8/h1-2,4-5,9,18H,3,6-7,15H2. The van der Waals surface area contributed by atoms with Crippen molar-refractivity contribution in [1.29, 1.82) is 0 Å². The van der Waals surface area contributed by atoms with E-state index in [1.54, 1.807) is 12.1 Å². The van der Waals surface area contributed by atoms with Crippen molar-refractivity contribution >= 4 is 15.9 Å². The summed E-state index contributed by atoms with van der Waals surface area (Å²) in [6.45, 7) is 0.796. The zero-order valence-electron chi connectivity index (χ0n) is 9.81. The molecule has 3 rings (SSSR count). The van der Waals surface area contributed by atoms with Crippen LogP contribution in [-0.2, 0) is 13.0 Å². The number of aromatic hydroxyl groups is 1. The van der Waals surface area contributed by atoms with Gasteiger partial charge in [-0.05, 0) is 53.0 Å². The summed E-state index contributed by atoms with van der Waals surface area (Å²) in [4.78, 5) is 4.57. The summed E-state index contributed by atoms with van der Waals surface area (Å²) in [5.41, 5.74) is 8.23. The number of imidazole rings is 1. The lowest BCUT2D eigenvalue weighted by Crippen LogP contribution is -2.32. The van der Waals surface area contributed by atoms with Gasteiger partial charge in [-0.25, -0.2) is 4.98 Å². The number of rotatable bonds is 1. The molecule has 0 spiro atoms. The number of nitrogens with two attached hydrogens (primary N) is 1. The third kappa shape index (κ3) is 1.93. The third-order valence-corrected chi connectivity index (χ3v) is 3.95. The molecule has 1 atom stereocenters. The zero-order chi connectivity index (χ0) is 12.7. The summed E-state index contributed by atoms with van der Waals surface area (Å²) in [7, 11) is 0. The van der Waals surface area contributed by atoms with E-state index < -0.39 is 0 Å². The normalized spacial score (nSPS) is 18.7. The molecule has 1 aliphatic rings. The van der Waals surface area contributed by atoms with Gasteiger partial charge >= 0.3 is 0 Å². The first-order chi connectivity index (χ1) is 8.65. The van der Waals surface area contributed by atoms with E-state index in [1.165, 1.54) is 5.69 Å². The van der Waals surface area contributed by atoms with E-state index in [9.17, 15) is 5.11 Å². The van der Waals surface area contributed by atoms with Crippen LogP contribution in [0.1, 0.15) is 12.1 Å². The molecule has 5 heteroatoms. The first-order valence-electron chi connectivity index (χ1n) is 5.95. The Morgan fingerprint density at radius 3 is 2.78 bits per heavy atom. The summed E-state index contributed by atoms with van der Waals surface area (Å²) < 4.78 is 3.07. The fourth-order valence-corrected chi connectivity index (χ4v) is 2.95. The monoisotopic (exact) mass is 307 g/mol. The van der Waals surface area contributed by atoms with Crippen molar-refractivity contribution < 1.29 is 5.11 Å². The predicted octanol–water partition coefficient (Wildman–Crippen LogP) is 2.29. The van der Waals surface area contributed by atoms with Gasteiger partial charge < -0.3 is 15.4 Å². The molecular weight excluding hydrogens is 294 g/mol. The first-order valence-corrected chi connectivity index (χ1v) is 6.74. The van der Waals surface area contributed by atoms with Crippen LogP contribution in [0, 0.1) is 0 Å². The molecule has 2 aromatic rings. The van der Waals surface area contributed by atoms with Crippen LogP contribution in [0.15, 0.2) is 28.9 Å². The van der Waals surface area contributed by atoms with Gasteiger partial charge in [0.1, 0.15) is 16.2 Å². The lowest BCUT2D eigenvalue weighted by atomic mass is 10.1. The minimum atomic E-state index is 0.189. The molecule has 0 bridgehead atoms. The van der Waals surface area contributed by atoms with Gasteiger partial charge in [-0.1, -0.05) is 0 Å². The molecule has 18 heavy (non-hydrogen) atoms. The van der Waals surface area contributed by atoms with Crippen LogP contribution in [0.5, 0.6) is 5.75 Å². The van der Waals surface area contributed by atoms with Crippen molar-refractivity contribution in [2.45, 2.75) is 25.4 Å². The lowest BCUT2D eigenvalue weighted by molar-refractivity contribution is 0.462. The van der Waals surface area contributed by atoms with E-state index >= 15 is 0 Å². The molecule has 2 heterocycles. The number of fused-ring (bicyclic) bond motifs is 1. The van der Waals surface area contributed by atoms with Crippen LogP contribution in [0.4, 0.5) is 0 Å². The molecule has 94 valence electrons. The molecule has 0 fully saturated rings. The summed E-state index contributed by atoms with van der Waals surface area (Å²) in [6, 6.07) is 7.28. The molecule has 0 aliphatic carbocycles. The Balaban J connectivity index is 2.10. The number of halogens is 1. The third-order valence-electron chi connectivity index (χ3n) is 3.32. The van der Waals surface area contributed by atoms with E-state index in [1.807, 2.05) is 12.1 Å². The highest BCUT2D eigenvalue weighted by molar-refractivity contribution is 9.10. The van der Waals surface area contributed by atoms with Crippen molar-refractivity contribution in [3.05, 3.63) is 34.6 Å². The lowest BCUT2D eigenvalue weighted by Gasteiger charge is -2.22. The Labute approximate surface area is 114 Å². The Morgan fingerprint density at radius 1 is 1.33 bits per heavy atom. The summed E-state index contributed by atoms with van der Waals surface area (Å²) >= 11 is 3.51. The zero-order valence-corrected chi connectivity index (χ0v) is 11.4. The van der Waals surface area contributed by atoms with Gasteiger partial charge in [-0.15, -0.1) is 0 Å². The fourth-order valence-electron chi connectivity index (χ4n) is 2.37. The Hall–Kier alpha value is -1.33. The second-order valence-corrected chi connectivity index (χ2v) is 5.38. The van der Waals surface area contributed by atoms with Crippen molar-refractivity contribution in [2.24, 2.45) is 5.73 Å². The van der Waals surface area contributed by atoms with E-state index in [2.05, 4.69) is 25.5 Å². The first kappa shape index (κ1) is 11.7. The maximum absolute atomic E-state index is 9.33.